The minimum atomic E-state index is 0.705. The topological polar surface area (TPSA) is 51.0 Å². The van der Waals surface area contributed by atoms with Crippen molar-refractivity contribution in [2.75, 3.05) is 0 Å². The summed E-state index contributed by atoms with van der Waals surface area (Å²) in [5.41, 5.74) is 3.14. The second-order valence-corrected chi connectivity index (χ2v) is 4.67. The van der Waals surface area contributed by atoms with E-state index in [1.807, 2.05) is 30.3 Å². The lowest BCUT2D eigenvalue weighted by atomic mass is 10.1. The standard InChI is InChI=1S/C16H17N3O/c1-2-15-14(13-7-3-4-8-16(13)20-15)11-17-10-12-6-5-9-18-19-12/h3-9,17H,2,10-11H2,1H3. The lowest BCUT2D eigenvalue weighted by Crippen LogP contribution is -2.14. The molecule has 0 fully saturated rings. The van der Waals surface area contributed by atoms with Gasteiger partial charge >= 0.3 is 0 Å². The van der Waals surface area contributed by atoms with Gasteiger partial charge in [0, 0.05) is 36.7 Å². The summed E-state index contributed by atoms with van der Waals surface area (Å²) in [4.78, 5) is 0. The zero-order valence-corrected chi connectivity index (χ0v) is 11.5. The van der Waals surface area contributed by atoms with Crippen LogP contribution in [0, 0.1) is 0 Å². The Bertz CT molecular complexity index is 691. The molecule has 1 N–H and O–H groups in total. The summed E-state index contributed by atoms with van der Waals surface area (Å²) >= 11 is 0. The lowest BCUT2D eigenvalue weighted by molar-refractivity contribution is 0.543. The smallest absolute Gasteiger partial charge is 0.134 e. The van der Waals surface area contributed by atoms with E-state index in [1.54, 1.807) is 6.20 Å². The fourth-order valence-corrected chi connectivity index (χ4v) is 2.37. The number of furan rings is 1. The first-order valence-electron chi connectivity index (χ1n) is 6.85. The Balaban J connectivity index is 1.77. The second-order valence-electron chi connectivity index (χ2n) is 4.67. The maximum absolute atomic E-state index is 5.88. The molecular formula is C16H17N3O. The summed E-state index contributed by atoms with van der Waals surface area (Å²) in [5, 5.41) is 12.5. The van der Waals surface area contributed by atoms with Crippen molar-refractivity contribution in [2.24, 2.45) is 0 Å². The molecule has 0 saturated heterocycles. The van der Waals surface area contributed by atoms with Gasteiger partial charge in [-0.05, 0) is 18.2 Å². The van der Waals surface area contributed by atoms with Gasteiger partial charge in [-0.25, -0.2) is 0 Å². The van der Waals surface area contributed by atoms with Crippen molar-refractivity contribution in [1.82, 2.24) is 15.5 Å². The number of hydrogen-bond acceptors (Lipinski definition) is 4. The SMILES string of the molecule is CCc1oc2ccccc2c1CNCc1cccnn1. The highest BCUT2D eigenvalue weighted by Gasteiger charge is 2.11. The molecule has 3 rings (SSSR count). The number of aryl methyl sites for hydroxylation is 1. The van der Waals surface area contributed by atoms with E-state index < -0.39 is 0 Å². The van der Waals surface area contributed by atoms with E-state index in [1.165, 1.54) is 10.9 Å². The van der Waals surface area contributed by atoms with Crippen LogP contribution in [0.3, 0.4) is 0 Å². The zero-order valence-electron chi connectivity index (χ0n) is 11.5. The molecule has 20 heavy (non-hydrogen) atoms. The van der Waals surface area contributed by atoms with Gasteiger partial charge in [-0.3, -0.25) is 0 Å². The van der Waals surface area contributed by atoms with Crippen molar-refractivity contribution >= 4 is 11.0 Å². The van der Waals surface area contributed by atoms with Crippen molar-refractivity contribution in [1.29, 1.82) is 0 Å². The summed E-state index contributed by atoms with van der Waals surface area (Å²) in [5.74, 6) is 1.05. The van der Waals surface area contributed by atoms with Crippen LogP contribution in [0.25, 0.3) is 11.0 Å². The predicted octanol–water partition coefficient (Wildman–Crippen LogP) is 3.08. The van der Waals surface area contributed by atoms with Crippen molar-refractivity contribution in [2.45, 2.75) is 26.4 Å². The average Bonchev–Trinajstić information content (AvgIpc) is 2.87. The molecule has 0 aliphatic rings. The zero-order chi connectivity index (χ0) is 13.8. The molecule has 0 spiro atoms. The van der Waals surface area contributed by atoms with Crippen LogP contribution in [0.1, 0.15) is 23.9 Å². The molecule has 102 valence electrons. The monoisotopic (exact) mass is 267 g/mol. The van der Waals surface area contributed by atoms with E-state index in [-0.39, 0.29) is 0 Å². The number of nitrogens with zero attached hydrogens (tertiary/aromatic N) is 2. The quantitative estimate of drug-likeness (QED) is 0.772. The summed E-state index contributed by atoms with van der Waals surface area (Å²) in [6.45, 7) is 3.59. The number of hydrogen-bond donors (Lipinski definition) is 1. The Kier molecular flexibility index (Phi) is 3.74. The number of aromatic nitrogens is 2. The minimum absolute atomic E-state index is 0.705. The van der Waals surface area contributed by atoms with Gasteiger partial charge in [0.2, 0.25) is 0 Å². The van der Waals surface area contributed by atoms with Gasteiger partial charge < -0.3 is 9.73 Å². The van der Waals surface area contributed by atoms with Gasteiger partial charge in [-0.15, -0.1) is 0 Å². The Morgan fingerprint density at radius 1 is 1.10 bits per heavy atom. The molecule has 3 aromatic rings. The fraction of sp³-hybridized carbons (Fsp3) is 0.250. The normalized spacial score (nSPS) is 11.1. The Morgan fingerprint density at radius 3 is 2.80 bits per heavy atom. The molecule has 0 bridgehead atoms. The summed E-state index contributed by atoms with van der Waals surface area (Å²) in [7, 11) is 0. The largest absolute Gasteiger partial charge is 0.461 e. The predicted molar refractivity (Wildman–Crippen MR) is 78.2 cm³/mol. The van der Waals surface area contributed by atoms with Crippen LogP contribution >= 0.6 is 0 Å². The molecular weight excluding hydrogens is 250 g/mol. The molecule has 0 unspecified atom stereocenters. The molecule has 1 aromatic carbocycles. The number of fused-ring (bicyclic) bond motifs is 1. The van der Waals surface area contributed by atoms with Crippen LogP contribution in [-0.2, 0) is 19.5 Å². The highest BCUT2D eigenvalue weighted by molar-refractivity contribution is 5.82. The van der Waals surface area contributed by atoms with Crippen LogP contribution in [0.4, 0.5) is 0 Å². The first-order chi connectivity index (χ1) is 9.88. The van der Waals surface area contributed by atoms with Crippen molar-refractivity contribution in [3.63, 3.8) is 0 Å². The molecule has 0 atom stereocenters. The Hall–Kier alpha value is -2.20. The number of rotatable bonds is 5. The third kappa shape index (κ3) is 2.56. The van der Waals surface area contributed by atoms with Gasteiger partial charge in [0.1, 0.15) is 11.3 Å². The molecule has 0 radical (unpaired) electrons. The summed E-state index contributed by atoms with van der Waals surface area (Å²) in [6.07, 6.45) is 2.58. The van der Waals surface area contributed by atoms with Crippen molar-refractivity contribution in [3.05, 3.63) is 59.6 Å². The maximum atomic E-state index is 5.88. The van der Waals surface area contributed by atoms with Crippen LogP contribution < -0.4 is 5.32 Å². The highest BCUT2D eigenvalue weighted by Crippen LogP contribution is 2.26. The highest BCUT2D eigenvalue weighted by atomic mass is 16.3. The third-order valence-electron chi connectivity index (χ3n) is 3.34. The van der Waals surface area contributed by atoms with E-state index in [0.717, 1.165) is 30.0 Å². The van der Waals surface area contributed by atoms with Crippen LogP contribution in [-0.4, -0.2) is 10.2 Å². The van der Waals surface area contributed by atoms with Crippen LogP contribution in [0.5, 0.6) is 0 Å². The second kappa shape index (κ2) is 5.84. The van der Waals surface area contributed by atoms with E-state index in [2.05, 4.69) is 28.5 Å². The summed E-state index contributed by atoms with van der Waals surface area (Å²) < 4.78 is 5.88. The third-order valence-corrected chi connectivity index (χ3v) is 3.34. The summed E-state index contributed by atoms with van der Waals surface area (Å²) in [6, 6.07) is 12.0. The van der Waals surface area contributed by atoms with E-state index in [4.69, 9.17) is 4.42 Å². The first kappa shape index (κ1) is 12.8. The molecule has 0 amide bonds. The van der Waals surface area contributed by atoms with Crippen molar-refractivity contribution in [3.8, 4) is 0 Å². The molecule has 4 heteroatoms. The molecule has 2 aromatic heterocycles. The molecule has 0 saturated carbocycles. The molecule has 0 aliphatic heterocycles. The van der Waals surface area contributed by atoms with E-state index in [0.29, 0.717) is 6.54 Å². The van der Waals surface area contributed by atoms with E-state index in [9.17, 15) is 0 Å². The van der Waals surface area contributed by atoms with Gasteiger partial charge in [0.15, 0.2) is 0 Å². The fourth-order valence-electron chi connectivity index (χ4n) is 2.37. The first-order valence-corrected chi connectivity index (χ1v) is 6.85. The number of benzene rings is 1. The van der Waals surface area contributed by atoms with Gasteiger partial charge in [0.05, 0.1) is 5.69 Å². The van der Waals surface area contributed by atoms with Crippen molar-refractivity contribution < 1.29 is 4.42 Å². The molecule has 4 nitrogen and oxygen atoms in total. The minimum Gasteiger partial charge on any atom is -0.461 e. The van der Waals surface area contributed by atoms with Crippen LogP contribution in [0.2, 0.25) is 0 Å². The maximum Gasteiger partial charge on any atom is 0.134 e. The molecule has 0 aliphatic carbocycles. The van der Waals surface area contributed by atoms with Gasteiger partial charge in [-0.1, -0.05) is 25.1 Å². The number of para-hydroxylation sites is 1. The Labute approximate surface area is 117 Å². The lowest BCUT2D eigenvalue weighted by Gasteiger charge is -2.04. The van der Waals surface area contributed by atoms with Crippen LogP contribution in [0.15, 0.2) is 47.0 Å². The average molecular weight is 267 g/mol. The van der Waals surface area contributed by atoms with Gasteiger partial charge in [-0.2, -0.15) is 10.2 Å². The molecule has 2 heterocycles. The number of nitrogens with one attached hydrogen (secondary N) is 1. The Morgan fingerprint density at radius 2 is 2.00 bits per heavy atom. The van der Waals surface area contributed by atoms with Gasteiger partial charge in [0.25, 0.3) is 0 Å². The van der Waals surface area contributed by atoms with E-state index >= 15 is 0 Å².